The lowest BCUT2D eigenvalue weighted by atomic mass is 9.96. The summed E-state index contributed by atoms with van der Waals surface area (Å²) < 4.78 is 13.6. The summed E-state index contributed by atoms with van der Waals surface area (Å²) >= 11 is 5.96. The lowest BCUT2D eigenvalue weighted by molar-refractivity contribution is 0.413. The SMILES string of the molecule is COc1ccc(Oc2ccc(N3C(=S)N[C@H](c4ccccn4)[C@H]3c3cc(C)n(-c4ncccc4C)c3C)cc2)cc1. The van der Waals surface area contributed by atoms with Gasteiger partial charge in [0.25, 0.3) is 0 Å². The molecule has 0 bridgehead atoms. The number of benzene rings is 2. The van der Waals surface area contributed by atoms with Gasteiger partial charge in [-0.3, -0.25) is 4.98 Å². The van der Waals surface area contributed by atoms with E-state index in [1.165, 1.54) is 0 Å². The van der Waals surface area contributed by atoms with Crippen molar-refractivity contribution < 1.29 is 9.47 Å². The van der Waals surface area contributed by atoms with Crippen LogP contribution in [-0.4, -0.2) is 26.8 Å². The predicted molar refractivity (Wildman–Crippen MR) is 165 cm³/mol. The summed E-state index contributed by atoms with van der Waals surface area (Å²) in [5, 5.41) is 4.21. The van der Waals surface area contributed by atoms with Gasteiger partial charge in [-0.2, -0.15) is 0 Å². The molecule has 1 fully saturated rings. The van der Waals surface area contributed by atoms with E-state index in [1.807, 2.05) is 85.2 Å². The van der Waals surface area contributed by atoms with Crippen LogP contribution in [0.4, 0.5) is 5.69 Å². The summed E-state index contributed by atoms with van der Waals surface area (Å²) in [4.78, 5) is 11.6. The van der Waals surface area contributed by atoms with E-state index in [9.17, 15) is 0 Å². The van der Waals surface area contributed by atoms with Crippen molar-refractivity contribution in [1.29, 1.82) is 0 Å². The molecule has 2 atom stereocenters. The Morgan fingerprint density at radius 3 is 2.15 bits per heavy atom. The average Bonchev–Trinajstić information content (AvgIpc) is 3.49. The first kappa shape index (κ1) is 26.5. The Kier molecular flexibility index (Phi) is 7.15. The molecule has 0 unspecified atom stereocenters. The fourth-order valence-electron chi connectivity index (χ4n) is 5.53. The minimum Gasteiger partial charge on any atom is -0.497 e. The number of rotatable bonds is 7. The Balaban J connectivity index is 1.39. The molecule has 8 heteroatoms. The van der Waals surface area contributed by atoms with E-state index in [4.69, 9.17) is 31.7 Å². The Morgan fingerprint density at radius 1 is 0.805 bits per heavy atom. The van der Waals surface area contributed by atoms with Crippen LogP contribution in [0, 0.1) is 20.8 Å². The van der Waals surface area contributed by atoms with Crippen LogP contribution in [0.25, 0.3) is 5.82 Å². The number of hydrogen-bond acceptors (Lipinski definition) is 5. The first-order valence-corrected chi connectivity index (χ1v) is 13.9. The largest absolute Gasteiger partial charge is 0.497 e. The maximum Gasteiger partial charge on any atom is 0.174 e. The molecule has 41 heavy (non-hydrogen) atoms. The minimum atomic E-state index is -0.141. The number of aromatic nitrogens is 3. The summed E-state index contributed by atoms with van der Waals surface area (Å²) in [5.74, 6) is 3.19. The zero-order valence-corrected chi connectivity index (χ0v) is 24.2. The molecule has 1 saturated heterocycles. The average molecular weight is 562 g/mol. The van der Waals surface area contributed by atoms with Gasteiger partial charge in [-0.05, 0) is 117 Å². The van der Waals surface area contributed by atoms with E-state index >= 15 is 0 Å². The highest BCUT2D eigenvalue weighted by Gasteiger charge is 2.42. The number of pyridine rings is 2. The van der Waals surface area contributed by atoms with Crippen molar-refractivity contribution in [1.82, 2.24) is 19.9 Å². The molecule has 5 aromatic rings. The summed E-state index contributed by atoms with van der Waals surface area (Å²) in [6.45, 7) is 6.36. The van der Waals surface area contributed by atoms with Crippen molar-refractivity contribution in [3.8, 4) is 23.1 Å². The standard InChI is InChI=1S/C33H31N5O2S/c1-21-8-7-19-35-32(21)37-22(2)20-28(23(37)3)31-30(29-9-5-6-18-34-29)36-33(41)38(31)24-10-12-26(13-11-24)40-27-16-14-25(39-4)15-17-27/h5-20,30-31H,1-4H3,(H,36,41)/t30-,31-/m1/s1. The van der Waals surface area contributed by atoms with Gasteiger partial charge in [0.2, 0.25) is 0 Å². The van der Waals surface area contributed by atoms with Crippen LogP contribution in [0.15, 0.2) is 97.3 Å². The second kappa shape index (κ2) is 11.1. The first-order chi connectivity index (χ1) is 19.9. The van der Waals surface area contributed by atoms with Gasteiger partial charge in [-0.15, -0.1) is 0 Å². The molecule has 6 rings (SSSR count). The summed E-state index contributed by atoms with van der Waals surface area (Å²) in [6.07, 6.45) is 3.66. The fraction of sp³-hybridized carbons (Fsp3) is 0.182. The third kappa shape index (κ3) is 5.02. The third-order valence-corrected chi connectivity index (χ3v) is 7.81. The number of nitrogens with zero attached hydrogens (tertiary/aromatic N) is 4. The minimum absolute atomic E-state index is 0.130. The Morgan fingerprint density at radius 2 is 1.49 bits per heavy atom. The Labute approximate surface area is 245 Å². The summed E-state index contributed by atoms with van der Waals surface area (Å²) in [6, 6.07) is 27.6. The molecule has 2 aromatic carbocycles. The number of thiocarbonyl (C=S) groups is 1. The zero-order chi connectivity index (χ0) is 28.5. The molecule has 0 radical (unpaired) electrons. The van der Waals surface area contributed by atoms with Crippen LogP contribution in [0.2, 0.25) is 0 Å². The number of hydrogen-bond donors (Lipinski definition) is 1. The van der Waals surface area contributed by atoms with Gasteiger partial charge in [-0.25, -0.2) is 4.98 Å². The van der Waals surface area contributed by atoms with Gasteiger partial charge in [-0.1, -0.05) is 12.1 Å². The van der Waals surface area contributed by atoms with Crippen LogP contribution in [0.3, 0.4) is 0 Å². The van der Waals surface area contributed by atoms with Crippen molar-refractivity contribution in [2.45, 2.75) is 32.9 Å². The molecule has 4 heterocycles. The van der Waals surface area contributed by atoms with Crippen molar-refractivity contribution in [3.63, 3.8) is 0 Å². The van der Waals surface area contributed by atoms with Crippen LogP contribution in [-0.2, 0) is 0 Å². The molecule has 3 aromatic heterocycles. The van der Waals surface area contributed by atoms with Crippen LogP contribution < -0.4 is 19.7 Å². The van der Waals surface area contributed by atoms with E-state index in [2.05, 4.69) is 47.7 Å². The van der Waals surface area contributed by atoms with Crippen molar-refractivity contribution in [3.05, 3.63) is 126 Å². The topological polar surface area (TPSA) is 64.4 Å². The zero-order valence-electron chi connectivity index (χ0n) is 23.4. The highest BCUT2D eigenvalue weighted by Crippen LogP contribution is 2.44. The van der Waals surface area contributed by atoms with E-state index in [0.717, 1.165) is 57.0 Å². The molecule has 1 N–H and O–H groups in total. The molecule has 206 valence electrons. The predicted octanol–water partition coefficient (Wildman–Crippen LogP) is 7.17. The van der Waals surface area contributed by atoms with Gasteiger partial charge in [0.15, 0.2) is 5.11 Å². The van der Waals surface area contributed by atoms with Crippen molar-refractivity contribution in [2.75, 3.05) is 12.0 Å². The van der Waals surface area contributed by atoms with Crippen molar-refractivity contribution in [2.24, 2.45) is 0 Å². The first-order valence-electron chi connectivity index (χ1n) is 13.5. The summed E-state index contributed by atoms with van der Waals surface area (Å²) in [7, 11) is 1.65. The number of methoxy groups -OCH3 is 1. The monoisotopic (exact) mass is 561 g/mol. The lowest BCUT2D eigenvalue weighted by Gasteiger charge is -2.28. The van der Waals surface area contributed by atoms with Gasteiger partial charge in [0.1, 0.15) is 23.1 Å². The fourth-order valence-corrected chi connectivity index (χ4v) is 5.87. The number of ether oxygens (including phenoxy) is 2. The number of anilines is 1. The summed E-state index contributed by atoms with van der Waals surface area (Å²) in [5.41, 5.74) is 6.40. The molecule has 0 saturated carbocycles. The highest BCUT2D eigenvalue weighted by molar-refractivity contribution is 7.80. The molecule has 1 aliphatic rings. The van der Waals surface area contributed by atoms with Gasteiger partial charge in [0.05, 0.1) is 24.9 Å². The molecular formula is C33H31N5O2S. The second-order valence-electron chi connectivity index (χ2n) is 10.1. The molecule has 7 nitrogen and oxygen atoms in total. The molecule has 0 amide bonds. The van der Waals surface area contributed by atoms with E-state index in [1.54, 1.807) is 7.11 Å². The maximum absolute atomic E-state index is 6.08. The van der Waals surface area contributed by atoms with Crippen molar-refractivity contribution >= 4 is 23.0 Å². The molecular weight excluding hydrogens is 530 g/mol. The molecule has 0 spiro atoms. The second-order valence-corrected chi connectivity index (χ2v) is 10.5. The van der Waals surface area contributed by atoms with Gasteiger partial charge in [0, 0.05) is 29.5 Å². The smallest absolute Gasteiger partial charge is 0.174 e. The highest BCUT2D eigenvalue weighted by atomic mass is 32.1. The van der Waals surface area contributed by atoms with Crippen LogP contribution in [0.5, 0.6) is 17.2 Å². The third-order valence-electron chi connectivity index (χ3n) is 7.49. The maximum atomic E-state index is 6.08. The number of nitrogens with one attached hydrogen (secondary N) is 1. The van der Waals surface area contributed by atoms with Crippen LogP contribution >= 0.6 is 12.2 Å². The van der Waals surface area contributed by atoms with Gasteiger partial charge >= 0.3 is 0 Å². The van der Waals surface area contributed by atoms with E-state index < -0.39 is 0 Å². The van der Waals surface area contributed by atoms with Crippen LogP contribution in [0.1, 0.15) is 40.3 Å². The van der Waals surface area contributed by atoms with E-state index in [-0.39, 0.29) is 12.1 Å². The lowest BCUT2D eigenvalue weighted by Crippen LogP contribution is -2.29. The normalized spacial score (nSPS) is 16.5. The van der Waals surface area contributed by atoms with E-state index in [0.29, 0.717) is 5.11 Å². The quantitative estimate of drug-likeness (QED) is 0.211. The number of aryl methyl sites for hydroxylation is 2. The Bertz CT molecular complexity index is 1680. The molecule has 0 aliphatic carbocycles. The van der Waals surface area contributed by atoms with Gasteiger partial charge < -0.3 is 24.3 Å². The molecule has 1 aliphatic heterocycles. The Hall–Kier alpha value is -4.69.